The van der Waals surface area contributed by atoms with Crippen molar-refractivity contribution in [2.24, 2.45) is 17.2 Å². The van der Waals surface area contributed by atoms with Crippen molar-refractivity contribution in [2.45, 2.75) is 126 Å². The number of aromatic amines is 1. The molecule has 74 heavy (non-hydrogen) atoms. The average molecular weight is 1060 g/mol. The van der Waals surface area contributed by atoms with Crippen LogP contribution in [0.15, 0.2) is 85.1 Å². The van der Waals surface area contributed by atoms with E-state index in [0.717, 1.165) is 16.5 Å². The molecule has 16 N–H and O–H groups in total. The molecular formula is C51H71N11O10S2. The zero-order valence-corrected chi connectivity index (χ0v) is 43.6. The second kappa shape index (κ2) is 29.3. The molecule has 21 nitrogen and oxygen atoms in total. The molecule has 0 aliphatic carbocycles. The van der Waals surface area contributed by atoms with Crippen molar-refractivity contribution in [3.63, 3.8) is 0 Å². The van der Waals surface area contributed by atoms with Crippen molar-refractivity contribution in [2.75, 3.05) is 18.1 Å². The summed E-state index contributed by atoms with van der Waals surface area (Å²) in [5.74, 6) is -6.87. The van der Waals surface area contributed by atoms with E-state index in [1.807, 2.05) is 54.6 Å². The number of unbranched alkanes of at least 4 members (excludes halogenated alkanes) is 1. The number of aromatic nitrogens is 1. The maximum Gasteiger partial charge on any atom is 0.246 e. The third-order valence-corrected chi connectivity index (χ3v) is 13.4. The summed E-state index contributed by atoms with van der Waals surface area (Å²) in [6.45, 7) is 4.81. The van der Waals surface area contributed by atoms with Gasteiger partial charge in [0.15, 0.2) is 0 Å². The van der Waals surface area contributed by atoms with Crippen LogP contribution in [0.2, 0.25) is 0 Å². The van der Waals surface area contributed by atoms with Gasteiger partial charge >= 0.3 is 0 Å². The number of aromatic hydroxyl groups is 1. The number of phenols is 1. The molecule has 0 aliphatic rings. The number of nitrogens with one attached hydrogen (secondary N) is 8. The summed E-state index contributed by atoms with van der Waals surface area (Å²) in [7, 11) is 0. The number of H-pyrrole nitrogens is 1. The number of hydrogen-bond acceptors (Lipinski definition) is 14. The Bertz CT molecular complexity index is 2530. The molecule has 402 valence electrons. The fourth-order valence-corrected chi connectivity index (χ4v) is 8.63. The quantitative estimate of drug-likeness (QED) is 0.0236. The number of aliphatic hydroxyl groups is 1. The minimum Gasteiger partial charge on any atom is -0.508 e. The lowest BCUT2D eigenvalue weighted by Gasteiger charge is -2.35. The average Bonchev–Trinajstić information content (AvgIpc) is 3.79. The van der Waals surface area contributed by atoms with Crippen LogP contribution in [-0.4, -0.2) is 134 Å². The predicted octanol–water partition coefficient (Wildman–Crippen LogP) is -0.333. The van der Waals surface area contributed by atoms with Crippen LogP contribution in [0.5, 0.6) is 5.75 Å². The van der Waals surface area contributed by atoms with Crippen LogP contribution in [0.25, 0.3) is 10.9 Å². The molecule has 4 aromatic rings. The minimum atomic E-state index is -1.64. The van der Waals surface area contributed by atoms with Gasteiger partial charge in [-0.1, -0.05) is 74.5 Å². The van der Waals surface area contributed by atoms with Gasteiger partial charge in [0.1, 0.15) is 47.5 Å². The lowest BCUT2D eigenvalue weighted by molar-refractivity contribution is -0.138. The lowest BCUT2D eigenvalue weighted by atomic mass is 9.90. The standard InChI is InChI=1S/C51H71N11O10S2/c1-4-51(5-2,50(72)60-41(28-74)48(70)61-42(29(3)63)43(54)65)62-49(71)37(17-11-12-22-52)56-46(68)39(25-32-26-55-36-16-10-9-15-34(32)36)58-45(67)38(24-31-18-20-33(64)21-19-31)57-47(69)40(27-73)59-44(66)35(53)23-30-13-7-6-8-14-30/h6-10,13-16,18-21,26,29,35,37-42,55,63-64,73-74H,4-5,11-12,17,22-25,27-28,52-53H2,1-3H3,(H2,54,65)(H,56,68)(H,57,69)(H,58,67)(H,59,66)(H,60,72)(H,61,70)(H,62,71)/t29-,35-,37+,38+,39-,40+,41+,42+/m1/s1. The Kier molecular flexibility index (Phi) is 23.7. The molecule has 0 unspecified atom stereocenters. The van der Waals surface area contributed by atoms with Gasteiger partial charge in [-0.05, 0) is 86.9 Å². The number of hydrogen-bond donors (Lipinski definition) is 15. The van der Waals surface area contributed by atoms with E-state index in [4.69, 9.17) is 17.2 Å². The zero-order valence-electron chi connectivity index (χ0n) is 41.8. The molecular weight excluding hydrogens is 991 g/mol. The zero-order chi connectivity index (χ0) is 54.5. The van der Waals surface area contributed by atoms with Crippen LogP contribution < -0.4 is 54.4 Å². The van der Waals surface area contributed by atoms with Crippen molar-refractivity contribution in [1.29, 1.82) is 0 Å². The van der Waals surface area contributed by atoms with E-state index in [-0.39, 0.29) is 62.3 Å². The van der Waals surface area contributed by atoms with Crippen LogP contribution in [-0.2, 0) is 57.6 Å². The molecule has 8 atom stereocenters. The van der Waals surface area contributed by atoms with E-state index in [2.05, 4.69) is 67.5 Å². The Morgan fingerprint density at radius 2 is 1.16 bits per heavy atom. The maximum absolute atomic E-state index is 14.8. The first kappa shape index (κ1) is 59.9. The fourth-order valence-electron chi connectivity index (χ4n) is 8.12. The van der Waals surface area contributed by atoms with E-state index in [1.54, 1.807) is 32.2 Å². The first-order valence-corrected chi connectivity index (χ1v) is 25.7. The first-order chi connectivity index (χ1) is 35.3. The third kappa shape index (κ3) is 17.2. The number of carbonyl (C=O) groups excluding carboxylic acids is 8. The van der Waals surface area contributed by atoms with Gasteiger partial charge < -0.3 is 69.6 Å². The monoisotopic (exact) mass is 1060 g/mol. The summed E-state index contributed by atoms with van der Waals surface area (Å²) >= 11 is 8.53. The van der Waals surface area contributed by atoms with E-state index >= 15 is 0 Å². The second-order valence-corrected chi connectivity index (χ2v) is 18.8. The molecule has 8 amide bonds. The number of benzene rings is 3. The Labute approximate surface area is 441 Å². The molecule has 0 spiro atoms. The molecule has 0 saturated carbocycles. The van der Waals surface area contributed by atoms with Gasteiger partial charge in [0.05, 0.1) is 12.1 Å². The largest absolute Gasteiger partial charge is 0.508 e. The van der Waals surface area contributed by atoms with Crippen LogP contribution in [0.1, 0.15) is 69.6 Å². The van der Waals surface area contributed by atoms with E-state index in [0.29, 0.717) is 24.0 Å². The summed E-state index contributed by atoms with van der Waals surface area (Å²) < 4.78 is 0. The second-order valence-electron chi connectivity index (χ2n) is 18.1. The molecule has 23 heteroatoms. The molecule has 0 fully saturated rings. The number of nitrogens with two attached hydrogens (primary N) is 3. The number of amides is 8. The smallest absolute Gasteiger partial charge is 0.246 e. The van der Waals surface area contributed by atoms with Crippen molar-refractivity contribution in [1.82, 2.24) is 42.2 Å². The highest BCUT2D eigenvalue weighted by Crippen LogP contribution is 2.21. The molecule has 4 rings (SSSR count). The van der Waals surface area contributed by atoms with Crippen LogP contribution in [0.3, 0.4) is 0 Å². The molecule has 0 bridgehead atoms. The number of para-hydroxylation sites is 1. The van der Waals surface area contributed by atoms with E-state index in [1.165, 1.54) is 19.1 Å². The number of carbonyl (C=O) groups is 8. The van der Waals surface area contributed by atoms with Crippen molar-refractivity contribution >= 4 is 83.4 Å². The topological polar surface area (TPSA) is 355 Å². The van der Waals surface area contributed by atoms with Crippen molar-refractivity contribution in [3.8, 4) is 5.75 Å². The fraction of sp³-hybridized carbons (Fsp3) is 0.451. The maximum atomic E-state index is 14.8. The summed E-state index contributed by atoms with van der Waals surface area (Å²) in [5, 5.41) is 39.4. The lowest BCUT2D eigenvalue weighted by Crippen LogP contribution is -2.65. The summed E-state index contributed by atoms with van der Waals surface area (Å²) in [6.07, 6.45) is 1.20. The molecule has 3 aromatic carbocycles. The van der Waals surface area contributed by atoms with E-state index in [9.17, 15) is 48.6 Å². The van der Waals surface area contributed by atoms with Crippen LogP contribution in [0.4, 0.5) is 0 Å². The molecule has 0 aliphatic heterocycles. The summed E-state index contributed by atoms with van der Waals surface area (Å²) in [4.78, 5) is 114. The number of rotatable bonds is 30. The summed E-state index contributed by atoms with van der Waals surface area (Å²) in [5.41, 5.74) is 18.4. The highest BCUT2D eigenvalue weighted by Gasteiger charge is 2.41. The predicted molar refractivity (Wildman–Crippen MR) is 286 cm³/mol. The van der Waals surface area contributed by atoms with Gasteiger partial charge in [-0.2, -0.15) is 25.3 Å². The number of primary amides is 1. The first-order valence-electron chi connectivity index (χ1n) is 24.5. The van der Waals surface area contributed by atoms with Gasteiger partial charge in [-0.3, -0.25) is 38.4 Å². The third-order valence-electron chi connectivity index (χ3n) is 12.7. The minimum absolute atomic E-state index is 0.0225. The Balaban J connectivity index is 1.65. The normalized spacial score (nSPS) is 14.6. The number of thiol groups is 2. The molecule has 0 saturated heterocycles. The Hall–Kier alpha value is -6.66. The SMILES string of the molecule is CCC(CC)(NC(=O)[C@H](CCCCN)NC(=O)[C@@H](Cc1c[nH]c2ccccc12)NC(=O)[C@H](Cc1ccc(O)cc1)NC(=O)[C@H](CS)NC(=O)[C@H](N)Cc1ccccc1)C(=O)N[C@@H](CS)C(=O)N[C@H](C(N)=O)[C@@H](C)O. The molecule has 1 aromatic heterocycles. The van der Waals surface area contributed by atoms with E-state index < -0.39 is 101 Å². The molecule has 0 radical (unpaired) electrons. The van der Waals surface area contributed by atoms with Gasteiger partial charge in [0, 0.05) is 41.4 Å². The highest BCUT2D eigenvalue weighted by atomic mass is 32.1. The van der Waals surface area contributed by atoms with Gasteiger partial charge in [0.25, 0.3) is 0 Å². The van der Waals surface area contributed by atoms with Crippen LogP contribution in [0, 0.1) is 0 Å². The van der Waals surface area contributed by atoms with Crippen molar-refractivity contribution in [3.05, 3.63) is 102 Å². The van der Waals surface area contributed by atoms with Crippen molar-refractivity contribution < 1.29 is 48.6 Å². The van der Waals surface area contributed by atoms with Gasteiger partial charge in [-0.25, -0.2) is 0 Å². The number of aliphatic hydroxyl groups excluding tert-OH is 1. The number of fused-ring (bicyclic) bond motifs is 1. The Morgan fingerprint density at radius 3 is 1.74 bits per heavy atom. The number of phenolic OH excluding ortho intramolecular Hbond substituents is 1. The van der Waals surface area contributed by atoms with Crippen LogP contribution >= 0.6 is 25.3 Å². The Morgan fingerprint density at radius 1 is 0.635 bits per heavy atom. The molecule has 1 heterocycles. The highest BCUT2D eigenvalue weighted by molar-refractivity contribution is 7.80. The van der Waals surface area contributed by atoms with Gasteiger partial charge in [-0.15, -0.1) is 0 Å². The van der Waals surface area contributed by atoms with Gasteiger partial charge in [0.2, 0.25) is 47.3 Å². The summed E-state index contributed by atoms with van der Waals surface area (Å²) in [6, 6.07) is 13.2.